The van der Waals surface area contributed by atoms with Crippen LogP contribution in [0.15, 0.2) is 54.9 Å². The summed E-state index contributed by atoms with van der Waals surface area (Å²) in [6.45, 7) is 6.81. The lowest BCUT2D eigenvalue weighted by Crippen LogP contribution is -2.37. The predicted molar refractivity (Wildman–Crippen MR) is 101 cm³/mol. The van der Waals surface area contributed by atoms with E-state index in [1.165, 1.54) is 12.4 Å². The van der Waals surface area contributed by atoms with Crippen LogP contribution in [-0.2, 0) is 17.7 Å². The van der Waals surface area contributed by atoms with Crippen molar-refractivity contribution in [2.24, 2.45) is 0 Å². The van der Waals surface area contributed by atoms with E-state index in [9.17, 15) is 10.0 Å². The molecule has 0 N–H and O–H groups in total. The van der Waals surface area contributed by atoms with Gasteiger partial charge in [-0.2, -0.15) is 4.73 Å². The van der Waals surface area contributed by atoms with Crippen molar-refractivity contribution in [3.05, 3.63) is 71.2 Å². The van der Waals surface area contributed by atoms with Gasteiger partial charge in [-0.25, -0.2) is 4.79 Å². The Bertz CT molecular complexity index is 679. The average Bonchev–Trinajstić information content (AvgIpc) is 2.58. The van der Waals surface area contributed by atoms with Crippen molar-refractivity contribution in [1.82, 2.24) is 4.90 Å². The summed E-state index contributed by atoms with van der Waals surface area (Å²) in [5.41, 5.74) is 1.70. The molecule has 0 unspecified atom stereocenters. The smallest absolute Gasteiger partial charge is 0.410 e. The van der Waals surface area contributed by atoms with Crippen molar-refractivity contribution in [1.29, 1.82) is 0 Å². The van der Waals surface area contributed by atoms with Crippen molar-refractivity contribution in [2.45, 2.75) is 52.2 Å². The number of hydrogen-bond donors (Lipinski definition) is 0. The number of aryl methyl sites for hydroxylation is 1. The number of carbonyl (C=O) groups is 1. The first-order valence-electron chi connectivity index (χ1n) is 9.03. The fraction of sp³-hybridized carbons (Fsp3) is 0.429. The maximum atomic E-state index is 12.5. The minimum Gasteiger partial charge on any atom is -0.619 e. The molecule has 140 valence electrons. The molecule has 0 radical (unpaired) electrons. The summed E-state index contributed by atoms with van der Waals surface area (Å²) >= 11 is 0. The van der Waals surface area contributed by atoms with Crippen LogP contribution in [0.25, 0.3) is 0 Å². The van der Waals surface area contributed by atoms with Gasteiger partial charge in [-0.05, 0) is 51.2 Å². The molecule has 0 atom stereocenters. The van der Waals surface area contributed by atoms with Crippen molar-refractivity contribution < 1.29 is 14.3 Å². The van der Waals surface area contributed by atoms with Gasteiger partial charge in [0.1, 0.15) is 5.60 Å². The van der Waals surface area contributed by atoms with Gasteiger partial charge in [0.15, 0.2) is 12.4 Å². The van der Waals surface area contributed by atoms with E-state index >= 15 is 0 Å². The highest BCUT2D eigenvalue weighted by molar-refractivity contribution is 5.68. The van der Waals surface area contributed by atoms with E-state index in [4.69, 9.17) is 4.74 Å². The highest BCUT2D eigenvalue weighted by Gasteiger charge is 2.22. The lowest BCUT2D eigenvalue weighted by molar-refractivity contribution is -0.605. The summed E-state index contributed by atoms with van der Waals surface area (Å²) in [4.78, 5) is 14.3. The summed E-state index contributed by atoms with van der Waals surface area (Å²) < 4.78 is 6.34. The van der Waals surface area contributed by atoms with E-state index in [1.807, 2.05) is 63.2 Å². The van der Waals surface area contributed by atoms with Crippen LogP contribution in [0.5, 0.6) is 0 Å². The molecule has 0 aliphatic carbocycles. The monoisotopic (exact) mass is 356 g/mol. The van der Waals surface area contributed by atoms with Crippen LogP contribution in [0.3, 0.4) is 0 Å². The summed E-state index contributed by atoms with van der Waals surface area (Å²) in [6, 6.07) is 13.6. The third-order valence-corrected chi connectivity index (χ3v) is 3.88. The Labute approximate surface area is 155 Å². The van der Waals surface area contributed by atoms with Gasteiger partial charge in [0.2, 0.25) is 0 Å². The molecule has 2 rings (SSSR count). The summed E-state index contributed by atoms with van der Waals surface area (Å²) in [5.74, 6) is 0. The van der Waals surface area contributed by atoms with Crippen LogP contribution in [0.4, 0.5) is 4.79 Å². The zero-order chi connectivity index (χ0) is 19.0. The van der Waals surface area contributed by atoms with Gasteiger partial charge in [0.25, 0.3) is 0 Å². The van der Waals surface area contributed by atoms with Crippen molar-refractivity contribution in [3.63, 3.8) is 0 Å². The van der Waals surface area contributed by atoms with E-state index < -0.39 is 5.60 Å². The van der Waals surface area contributed by atoms with E-state index in [2.05, 4.69) is 0 Å². The van der Waals surface area contributed by atoms with Crippen LogP contribution in [0.2, 0.25) is 0 Å². The number of pyridine rings is 1. The van der Waals surface area contributed by atoms with Gasteiger partial charge in [0, 0.05) is 25.2 Å². The lowest BCUT2D eigenvalue weighted by Gasteiger charge is -2.27. The minimum atomic E-state index is -0.510. The van der Waals surface area contributed by atoms with Crippen LogP contribution in [-0.4, -0.2) is 23.1 Å². The van der Waals surface area contributed by atoms with Crippen LogP contribution in [0.1, 0.15) is 44.7 Å². The van der Waals surface area contributed by atoms with Crippen molar-refractivity contribution in [3.8, 4) is 0 Å². The number of nitrogens with zero attached hydrogens (tertiary/aromatic N) is 2. The molecular formula is C21H28N2O3. The second-order valence-corrected chi connectivity index (χ2v) is 7.41. The Hall–Kier alpha value is -2.56. The molecule has 5 nitrogen and oxygen atoms in total. The predicted octanol–water partition coefficient (Wildman–Crippen LogP) is 4.08. The zero-order valence-corrected chi connectivity index (χ0v) is 15.9. The number of hydrogen-bond acceptors (Lipinski definition) is 3. The number of ether oxygens (including phenoxy) is 1. The quantitative estimate of drug-likeness (QED) is 0.427. The van der Waals surface area contributed by atoms with Crippen LogP contribution in [0, 0.1) is 5.21 Å². The molecule has 0 bridgehead atoms. The molecular weight excluding hydrogens is 328 g/mol. The van der Waals surface area contributed by atoms with Crippen molar-refractivity contribution in [2.75, 3.05) is 6.54 Å². The second-order valence-electron chi connectivity index (χ2n) is 7.41. The molecule has 1 amide bonds. The topological polar surface area (TPSA) is 56.5 Å². The fourth-order valence-electron chi connectivity index (χ4n) is 2.61. The maximum Gasteiger partial charge on any atom is 0.410 e. The Morgan fingerprint density at radius 2 is 1.69 bits per heavy atom. The summed E-state index contributed by atoms with van der Waals surface area (Å²) in [5, 5.41) is 11.1. The average molecular weight is 356 g/mol. The largest absolute Gasteiger partial charge is 0.619 e. The molecule has 1 heterocycles. The first-order valence-corrected chi connectivity index (χ1v) is 9.03. The molecule has 0 saturated carbocycles. The van der Waals surface area contributed by atoms with Gasteiger partial charge in [-0.3, -0.25) is 0 Å². The first-order chi connectivity index (χ1) is 12.3. The summed E-state index contributed by atoms with van der Waals surface area (Å²) in [7, 11) is 0. The SMILES string of the molecule is CC(C)(C)OC(=O)N(CCCCc1cc[n+]([O-])cc1)Cc1ccccc1. The third kappa shape index (κ3) is 7.13. The molecule has 0 aliphatic rings. The summed E-state index contributed by atoms with van der Waals surface area (Å²) in [6.07, 6.45) is 5.44. The Balaban J connectivity index is 1.90. The van der Waals surface area contributed by atoms with Crippen LogP contribution >= 0.6 is 0 Å². The molecule has 1 aromatic carbocycles. The number of aromatic nitrogens is 1. The maximum absolute atomic E-state index is 12.5. The van der Waals surface area contributed by atoms with Gasteiger partial charge in [-0.1, -0.05) is 30.3 Å². The van der Waals surface area contributed by atoms with E-state index in [0.29, 0.717) is 13.1 Å². The fourth-order valence-corrected chi connectivity index (χ4v) is 2.61. The molecule has 2 aromatic rings. The van der Waals surface area contributed by atoms with E-state index in [-0.39, 0.29) is 6.09 Å². The van der Waals surface area contributed by atoms with Crippen molar-refractivity contribution >= 4 is 6.09 Å². The molecule has 0 aliphatic heterocycles. The standard InChI is InChI=1S/C21H28N2O3/c1-21(2,3)26-20(24)22(17-19-10-5-4-6-11-19)14-8-7-9-18-12-15-23(25)16-13-18/h4-6,10-13,15-16H,7-9,14,17H2,1-3H3. The minimum absolute atomic E-state index is 0.284. The second kappa shape index (κ2) is 9.22. The molecule has 0 saturated heterocycles. The van der Waals surface area contributed by atoms with Gasteiger partial charge < -0.3 is 14.8 Å². The number of amides is 1. The Morgan fingerprint density at radius 3 is 2.31 bits per heavy atom. The number of benzene rings is 1. The third-order valence-electron chi connectivity index (χ3n) is 3.88. The highest BCUT2D eigenvalue weighted by Crippen LogP contribution is 2.14. The number of rotatable bonds is 7. The lowest BCUT2D eigenvalue weighted by atomic mass is 10.1. The van der Waals surface area contributed by atoms with Crippen LogP contribution < -0.4 is 4.73 Å². The number of carbonyl (C=O) groups excluding carboxylic acids is 1. The molecule has 26 heavy (non-hydrogen) atoms. The Morgan fingerprint density at radius 1 is 1.04 bits per heavy atom. The van der Waals surface area contributed by atoms with Gasteiger partial charge in [0.05, 0.1) is 0 Å². The number of unbranched alkanes of at least 4 members (excludes halogenated alkanes) is 1. The zero-order valence-electron chi connectivity index (χ0n) is 15.9. The van der Waals surface area contributed by atoms with Gasteiger partial charge >= 0.3 is 6.09 Å². The molecule has 0 spiro atoms. The van der Waals surface area contributed by atoms with Gasteiger partial charge in [-0.15, -0.1) is 0 Å². The molecule has 0 fully saturated rings. The highest BCUT2D eigenvalue weighted by atomic mass is 16.6. The normalized spacial score (nSPS) is 11.2. The Kier molecular flexibility index (Phi) is 7.01. The molecule has 5 heteroatoms. The first kappa shape index (κ1) is 19.8. The molecule has 1 aromatic heterocycles. The van der Waals surface area contributed by atoms with E-state index in [0.717, 1.165) is 35.1 Å². The van der Waals surface area contributed by atoms with E-state index in [1.54, 1.807) is 4.90 Å².